The third-order valence-corrected chi connectivity index (χ3v) is 9.75. The molecule has 0 atom stereocenters. The van der Waals surface area contributed by atoms with Crippen molar-refractivity contribution in [1.29, 1.82) is 0 Å². The summed E-state index contributed by atoms with van der Waals surface area (Å²) < 4.78 is 0. The largest absolute Gasteiger partial charge is 0.347 e. The van der Waals surface area contributed by atoms with E-state index in [2.05, 4.69) is 74.9 Å². The number of hydrogen-bond donors (Lipinski definition) is 3. The normalized spacial score (nSPS) is 22.5. The molecule has 9 nitrogen and oxygen atoms in total. The minimum atomic E-state index is -0.0262. The van der Waals surface area contributed by atoms with Crippen LogP contribution in [0.1, 0.15) is 87.4 Å². The van der Waals surface area contributed by atoms with E-state index >= 15 is 0 Å². The van der Waals surface area contributed by atoms with E-state index in [0.717, 1.165) is 24.7 Å². The first-order chi connectivity index (χ1) is 20.1. The van der Waals surface area contributed by atoms with Crippen LogP contribution in [-0.2, 0) is 19.6 Å². The first-order valence-electron chi connectivity index (χ1n) is 15.7. The maximum atomic E-state index is 13.5. The lowest BCUT2D eigenvalue weighted by molar-refractivity contribution is 0.0222. The summed E-state index contributed by atoms with van der Waals surface area (Å²) in [6, 6.07) is 8.88. The smallest absolute Gasteiger partial charge is 0.254 e. The molecule has 1 amide bonds. The molecule has 0 unspecified atom stereocenters. The topological polar surface area (TPSA) is 96.2 Å². The zero-order chi connectivity index (χ0) is 29.4. The van der Waals surface area contributed by atoms with Crippen LogP contribution in [0.25, 0.3) is 0 Å². The Bertz CT molecular complexity index is 1250. The van der Waals surface area contributed by atoms with Gasteiger partial charge in [-0.05, 0) is 103 Å². The minimum absolute atomic E-state index is 0.0262. The quantitative estimate of drug-likeness (QED) is 0.366. The van der Waals surface area contributed by atoms with Crippen LogP contribution in [0, 0.1) is 5.41 Å². The zero-order valence-corrected chi connectivity index (χ0v) is 25.8. The van der Waals surface area contributed by atoms with Gasteiger partial charge < -0.3 is 25.1 Å². The molecule has 226 valence electrons. The number of aromatic nitrogens is 4. The second-order valence-corrected chi connectivity index (χ2v) is 14.4. The molecule has 0 aliphatic carbocycles. The van der Waals surface area contributed by atoms with Crippen molar-refractivity contribution in [3.63, 3.8) is 0 Å². The molecule has 3 aromatic rings. The molecule has 0 bridgehead atoms. The van der Waals surface area contributed by atoms with Gasteiger partial charge in [-0.1, -0.05) is 12.1 Å². The van der Waals surface area contributed by atoms with E-state index in [1.807, 2.05) is 12.1 Å². The Labute approximate surface area is 250 Å². The van der Waals surface area contributed by atoms with Crippen molar-refractivity contribution in [3.05, 3.63) is 71.8 Å². The van der Waals surface area contributed by atoms with Gasteiger partial charge in [0.1, 0.15) is 11.6 Å². The summed E-state index contributed by atoms with van der Waals surface area (Å²) in [6.07, 6.45) is 13.4. The molecule has 3 fully saturated rings. The first-order valence-corrected chi connectivity index (χ1v) is 15.7. The van der Waals surface area contributed by atoms with Gasteiger partial charge in [-0.2, -0.15) is 0 Å². The van der Waals surface area contributed by atoms with Gasteiger partial charge in [0.05, 0.1) is 13.1 Å². The molecule has 3 aliphatic rings. The summed E-state index contributed by atoms with van der Waals surface area (Å²) in [5.41, 5.74) is 2.81. The molecule has 3 saturated heterocycles. The Morgan fingerprint density at radius 3 is 2.00 bits per heavy atom. The molecule has 6 rings (SSSR count). The molecule has 1 aromatic carbocycles. The van der Waals surface area contributed by atoms with E-state index in [9.17, 15) is 4.79 Å². The number of carbonyl (C=O) groups excluding carboxylic acids is 1. The SMILES string of the molecule is CC1(C)CC(N2CCC3(CCN(Cc4ccc(C(=O)N(Cc5ncc[nH]5)Cc5ncc[nH]5)cc4)C3)CC2)CC(C)(C)N1. The summed E-state index contributed by atoms with van der Waals surface area (Å²) >= 11 is 0. The van der Waals surface area contributed by atoms with Crippen LogP contribution >= 0.6 is 0 Å². The van der Waals surface area contributed by atoms with Gasteiger partial charge in [0.2, 0.25) is 0 Å². The number of nitrogens with zero attached hydrogens (tertiary/aromatic N) is 5. The maximum absolute atomic E-state index is 13.5. The molecule has 1 spiro atoms. The number of benzene rings is 1. The fraction of sp³-hybridized carbons (Fsp3) is 0.606. The Kier molecular flexibility index (Phi) is 8.02. The van der Waals surface area contributed by atoms with Gasteiger partial charge in [-0.15, -0.1) is 0 Å². The number of rotatable bonds is 8. The number of imidazole rings is 2. The standard InChI is InChI=1S/C33H48N8O/c1-31(2)19-27(20-32(3,4)38-31)40-17-10-33(11-18-40)9-16-39(24-33)21-25-5-7-26(8-6-25)30(42)41(22-28-34-12-13-35-28)23-29-36-14-15-37-29/h5-8,12-15,27,38H,9-11,16-24H2,1-4H3,(H,34,35)(H,36,37). The van der Waals surface area contributed by atoms with E-state index < -0.39 is 0 Å². The van der Waals surface area contributed by atoms with Gasteiger partial charge in [-0.25, -0.2) is 9.97 Å². The average molecular weight is 573 g/mol. The highest BCUT2D eigenvalue weighted by atomic mass is 16.2. The van der Waals surface area contributed by atoms with Gasteiger partial charge in [0, 0.05) is 60.6 Å². The lowest BCUT2D eigenvalue weighted by Gasteiger charge is -2.52. The van der Waals surface area contributed by atoms with E-state index in [1.54, 1.807) is 29.7 Å². The summed E-state index contributed by atoms with van der Waals surface area (Å²) in [4.78, 5) is 35.5. The van der Waals surface area contributed by atoms with Crippen molar-refractivity contribution in [3.8, 4) is 0 Å². The molecule has 0 radical (unpaired) electrons. The molecule has 3 aliphatic heterocycles. The van der Waals surface area contributed by atoms with Crippen molar-refractivity contribution in [1.82, 2.24) is 40.0 Å². The van der Waals surface area contributed by atoms with Crippen LogP contribution < -0.4 is 5.32 Å². The number of amides is 1. The summed E-state index contributed by atoms with van der Waals surface area (Å²) in [7, 11) is 0. The lowest BCUT2D eigenvalue weighted by Crippen LogP contribution is -2.63. The highest BCUT2D eigenvalue weighted by Crippen LogP contribution is 2.43. The van der Waals surface area contributed by atoms with Gasteiger partial charge in [0.25, 0.3) is 5.91 Å². The van der Waals surface area contributed by atoms with Gasteiger partial charge in [0.15, 0.2) is 0 Å². The van der Waals surface area contributed by atoms with Gasteiger partial charge in [-0.3, -0.25) is 9.69 Å². The minimum Gasteiger partial charge on any atom is -0.347 e. The van der Waals surface area contributed by atoms with Crippen molar-refractivity contribution < 1.29 is 4.79 Å². The van der Waals surface area contributed by atoms with Crippen molar-refractivity contribution in [2.45, 2.75) is 96.6 Å². The monoisotopic (exact) mass is 572 g/mol. The predicted molar refractivity (Wildman–Crippen MR) is 165 cm³/mol. The highest BCUT2D eigenvalue weighted by molar-refractivity contribution is 5.94. The number of aromatic amines is 2. The van der Waals surface area contributed by atoms with Crippen LogP contribution in [0.5, 0.6) is 0 Å². The molecule has 42 heavy (non-hydrogen) atoms. The van der Waals surface area contributed by atoms with Crippen molar-refractivity contribution >= 4 is 5.91 Å². The molecule has 5 heterocycles. The maximum Gasteiger partial charge on any atom is 0.254 e. The van der Waals surface area contributed by atoms with Crippen molar-refractivity contribution in [2.24, 2.45) is 5.41 Å². The number of likely N-dealkylation sites (tertiary alicyclic amines) is 2. The third kappa shape index (κ3) is 6.79. The highest BCUT2D eigenvalue weighted by Gasteiger charge is 2.45. The number of piperidine rings is 2. The number of hydrogen-bond acceptors (Lipinski definition) is 6. The summed E-state index contributed by atoms with van der Waals surface area (Å²) in [5, 5.41) is 3.85. The zero-order valence-electron chi connectivity index (χ0n) is 25.8. The number of nitrogens with one attached hydrogen (secondary N) is 3. The molecule has 2 aromatic heterocycles. The third-order valence-electron chi connectivity index (χ3n) is 9.75. The number of carbonyl (C=O) groups is 1. The summed E-state index contributed by atoms with van der Waals surface area (Å²) in [5.74, 6) is 1.48. The Hall–Kier alpha value is -3.01. The Morgan fingerprint density at radius 1 is 0.881 bits per heavy atom. The fourth-order valence-corrected chi connectivity index (χ4v) is 7.98. The molecular formula is C33H48N8O. The van der Waals surface area contributed by atoms with Crippen LogP contribution in [0.2, 0.25) is 0 Å². The average Bonchev–Trinajstić information content (AvgIpc) is 3.71. The van der Waals surface area contributed by atoms with E-state index in [1.165, 1.54) is 57.3 Å². The van der Waals surface area contributed by atoms with E-state index in [-0.39, 0.29) is 17.0 Å². The van der Waals surface area contributed by atoms with Crippen LogP contribution in [0.15, 0.2) is 49.1 Å². The molecule has 3 N–H and O–H groups in total. The van der Waals surface area contributed by atoms with Crippen molar-refractivity contribution in [2.75, 3.05) is 26.2 Å². The molecular weight excluding hydrogens is 524 g/mol. The molecule has 9 heteroatoms. The summed E-state index contributed by atoms with van der Waals surface area (Å²) in [6.45, 7) is 16.0. The van der Waals surface area contributed by atoms with Gasteiger partial charge >= 0.3 is 0 Å². The second-order valence-electron chi connectivity index (χ2n) is 14.4. The van der Waals surface area contributed by atoms with E-state index in [4.69, 9.17) is 0 Å². The predicted octanol–water partition coefficient (Wildman–Crippen LogP) is 4.57. The van der Waals surface area contributed by atoms with Crippen LogP contribution in [0.3, 0.4) is 0 Å². The Balaban J connectivity index is 1.03. The second kappa shape index (κ2) is 11.6. The fourth-order valence-electron chi connectivity index (χ4n) is 7.98. The first kappa shape index (κ1) is 29.1. The molecule has 0 saturated carbocycles. The lowest BCUT2D eigenvalue weighted by atomic mass is 9.75. The van der Waals surface area contributed by atoms with Crippen LogP contribution in [-0.4, -0.2) is 83.8 Å². The number of H-pyrrole nitrogens is 2. The van der Waals surface area contributed by atoms with Crippen LogP contribution in [0.4, 0.5) is 0 Å². The Morgan fingerprint density at radius 2 is 1.45 bits per heavy atom. The van der Waals surface area contributed by atoms with E-state index in [0.29, 0.717) is 30.1 Å².